The Morgan fingerprint density at radius 2 is 1.96 bits per heavy atom. The van der Waals surface area contributed by atoms with E-state index in [1.54, 1.807) is 22.7 Å². The molecule has 1 atom stereocenters. The summed E-state index contributed by atoms with van der Waals surface area (Å²) in [7, 11) is 0. The number of esters is 1. The van der Waals surface area contributed by atoms with Crippen molar-refractivity contribution in [3.8, 4) is 0 Å². The molecule has 28 heavy (non-hydrogen) atoms. The summed E-state index contributed by atoms with van der Waals surface area (Å²) in [4.78, 5) is 28.3. The Balaban J connectivity index is 1.61. The highest BCUT2D eigenvalue weighted by Gasteiger charge is 2.29. The van der Waals surface area contributed by atoms with Crippen LogP contribution in [0.2, 0.25) is 0 Å². The first-order chi connectivity index (χ1) is 13.6. The van der Waals surface area contributed by atoms with E-state index in [1.807, 2.05) is 12.3 Å². The number of hydrogen-bond donors (Lipinski definition) is 1. The maximum atomic E-state index is 13.1. The van der Waals surface area contributed by atoms with Crippen molar-refractivity contribution in [3.63, 3.8) is 0 Å². The first-order valence-corrected chi connectivity index (χ1v) is 12.0. The smallest absolute Gasteiger partial charge is 0.341 e. The highest BCUT2D eigenvalue weighted by atomic mass is 32.1. The van der Waals surface area contributed by atoms with Gasteiger partial charge >= 0.3 is 5.97 Å². The Morgan fingerprint density at radius 3 is 2.75 bits per heavy atom. The van der Waals surface area contributed by atoms with Crippen LogP contribution in [0.15, 0.2) is 5.38 Å². The van der Waals surface area contributed by atoms with Gasteiger partial charge in [0.2, 0.25) is 0 Å². The summed E-state index contributed by atoms with van der Waals surface area (Å²) in [6.45, 7) is 4.40. The number of aryl methyl sites for hydroxylation is 1. The third-order valence-electron chi connectivity index (χ3n) is 5.96. The van der Waals surface area contributed by atoms with Gasteiger partial charge in [0.15, 0.2) is 0 Å². The van der Waals surface area contributed by atoms with E-state index in [4.69, 9.17) is 4.74 Å². The summed E-state index contributed by atoms with van der Waals surface area (Å²) >= 11 is 3.26. The molecule has 2 aromatic rings. The van der Waals surface area contributed by atoms with Gasteiger partial charge in [0.05, 0.1) is 17.7 Å². The van der Waals surface area contributed by atoms with Crippen LogP contribution in [0.5, 0.6) is 0 Å². The molecule has 2 aliphatic carbocycles. The molecule has 2 heterocycles. The zero-order valence-electron chi connectivity index (χ0n) is 16.6. The molecule has 0 saturated carbocycles. The lowest BCUT2D eigenvalue weighted by Gasteiger charge is -2.21. The monoisotopic (exact) mass is 417 g/mol. The molecule has 6 heteroatoms. The fourth-order valence-electron chi connectivity index (χ4n) is 4.36. The third kappa shape index (κ3) is 3.64. The van der Waals surface area contributed by atoms with Gasteiger partial charge in [0, 0.05) is 15.1 Å². The Hall–Kier alpha value is -1.66. The minimum atomic E-state index is -0.310. The molecule has 0 aromatic carbocycles. The number of carbonyl (C=O) groups excluding carboxylic acids is 2. The summed E-state index contributed by atoms with van der Waals surface area (Å²) in [5.74, 6) is 0.341. The second kappa shape index (κ2) is 8.37. The standard InChI is InChI=1S/C22H27NO3S2/c1-3-13-9-10-14-16(12-27-18(14)11-13)20(24)23-21-19(22(25)26-4-2)15-7-5-6-8-17(15)28-21/h12-13H,3-11H2,1-2H3,(H,23,24). The zero-order valence-corrected chi connectivity index (χ0v) is 18.2. The van der Waals surface area contributed by atoms with Gasteiger partial charge in [-0.25, -0.2) is 4.79 Å². The van der Waals surface area contributed by atoms with Gasteiger partial charge in [-0.3, -0.25) is 4.79 Å². The second-order valence-corrected chi connectivity index (χ2v) is 9.73. The van der Waals surface area contributed by atoms with Crippen molar-refractivity contribution in [3.05, 3.63) is 37.4 Å². The summed E-state index contributed by atoms with van der Waals surface area (Å²) < 4.78 is 5.30. The van der Waals surface area contributed by atoms with Gasteiger partial charge < -0.3 is 10.1 Å². The lowest BCUT2D eigenvalue weighted by atomic mass is 9.86. The van der Waals surface area contributed by atoms with E-state index in [0.717, 1.165) is 62.0 Å². The van der Waals surface area contributed by atoms with Gasteiger partial charge in [0.25, 0.3) is 5.91 Å². The maximum Gasteiger partial charge on any atom is 0.341 e. The Bertz CT molecular complexity index is 896. The van der Waals surface area contributed by atoms with Crippen LogP contribution in [0.1, 0.15) is 81.1 Å². The minimum Gasteiger partial charge on any atom is -0.462 e. The van der Waals surface area contributed by atoms with Crippen molar-refractivity contribution >= 4 is 39.6 Å². The van der Waals surface area contributed by atoms with E-state index in [0.29, 0.717) is 17.2 Å². The largest absolute Gasteiger partial charge is 0.462 e. The van der Waals surface area contributed by atoms with E-state index < -0.39 is 0 Å². The molecule has 1 amide bonds. The van der Waals surface area contributed by atoms with Crippen LogP contribution < -0.4 is 5.32 Å². The highest BCUT2D eigenvalue weighted by molar-refractivity contribution is 7.17. The number of thiophene rings is 2. The van der Waals surface area contributed by atoms with Crippen molar-refractivity contribution in [2.24, 2.45) is 5.92 Å². The molecule has 2 aliphatic rings. The highest BCUT2D eigenvalue weighted by Crippen LogP contribution is 2.40. The van der Waals surface area contributed by atoms with Gasteiger partial charge in [-0.1, -0.05) is 13.3 Å². The Morgan fingerprint density at radius 1 is 1.14 bits per heavy atom. The van der Waals surface area contributed by atoms with Crippen LogP contribution >= 0.6 is 22.7 Å². The number of anilines is 1. The average Bonchev–Trinajstić information content (AvgIpc) is 3.28. The Labute approximate surface area is 174 Å². The molecule has 0 saturated heterocycles. The van der Waals surface area contributed by atoms with Crippen LogP contribution in [0, 0.1) is 5.92 Å². The predicted octanol–water partition coefficient (Wildman–Crippen LogP) is 5.63. The van der Waals surface area contributed by atoms with Crippen LogP contribution in [0.25, 0.3) is 0 Å². The predicted molar refractivity (Wildman–Crippen MR) is 115 cm³/mol. The molecular weight excluding hydrogens is 390 g/mol. The van der Waals surface area contributed by atoms with E-state index >= 15 is 0 Å². The van der Waals surface area contributed by atoms with Crippen molar-refractivity contribution in [2.75, 3.05) is 11.9 Å². The molecule has 1 unspecified atom stereocenters. The topological polar surface area (TPSA) is 55.4 Å². The molecule has 0 bridgehead atoms. The van der Waals surface area contributed by atoms with Crippen molar-refractivity contribution < 1.29 is 14.3 Å². The van der Waals surface area contributed by atoms with Crippen molar-refractivity contribution in [1.29, 1.82) is 0 Å². The van der Waals surface area contributed by atoms with Gasteiger partial charge in [0.1, 0.15) is 5.00 Å². The van der Waals surface area contributed by atoms with E-state index in [-0.39, 0.29) is 11.9 Å². The van der Waals surface area contributed by atoms with Crippen molar-refractivity contribution in [1.82, 2.24) is 0 Å². The van der Waals surface area contributed by atoms with E-state index in [1.165, 1.54) is 21.7 Å². The molecule has 4 rings (SSSR count). The number of hydrogen-bond acceptors (Lipinski definition) is 5. The Kier molecular flexibility index (Phi) is 5.88. The second-order valence-electron chi connectivity index (χ2n) is 7.66. The number of amides is 1. The molecule has 150 valence electrons. The van der Waals surface area contributed by atoms with E-state index in [2.05, 4.69) is 12.2 Å². The molecule has 2 aromatic heterocycles. The average molecular weight is 418 g/mol. The number of rotatable bonds is 5. The SMILES string of the molecule is CCOC(=O)c1c(NC(=O)c2csc3c2CCC(CC)C3)sc2c1CCCC2. The first-order valence-electron chi connectivity index (χ1n) is 10.3. The summed E-state index contributed by atoms with van der Waals surface area (Å²) in [6, 6.07) is 0. The third-order valence-corrected chi connectivity index (χ3v) is 8.22. The van der Waals surface area contributed by atoms with Crippen LogP contribution in [-0.4, -0.2) is 18.5 Å². The lowest BCUT2D eigenvalue weighted by Crippen LogP contribution is -2.18. The molecule has 0 fully saturated rings. The molecule has 0 spiro atoms. The van der Waals surface area contributed by atoms with E-state index in [9.17, 15) is 9.59 Å². The minimum absolute atomic E-state index is 0.0865. The van der Waals surface area contributed by atoms with Crippen LogP contribution in [0.4, 0.5) is 5.00 Å². The van der Waals surface area contributed by atoms with Crippen molar-refractivity contribution in [2.45, 2.75) is 65.2 Å². The first kappa shape index (κ1) is 19.6. The molecular formula is C22H27NO3S2. The van der Waals surface area contributed by atoms with Gasteiger partial charge in [-0.2, -0.15) is 0 Å². The molecule has 1 N–H and O–H groups in total. The summed E-state index contributed by atoms with van der Waals surface area (Å²) in [5, 5.41) is 5.73. The van der Waals surface area contributed by atoms with Gasteiger partial charge in [-0.15, -0.1) is 22.7 Å². The number of fused-ring (bicyclic) bond motifs is 2. The maximum absolute atomic E-state index is 13.1. The summed E-state index contributed by atoms with van der Waals surface area (Å²) in [6.07, 6.45) is 8.51. The van der Waals surface area contributed by atoms with Gasteiger partial charge in [-0.05, 0) is 68.9 Å². The number of nitrogens with one attached hydrogen (secondary N) is 1. The summed E-state index contributed by atoms with van der Waals surface area (Å²) in [5.41, 5.74) is 3.68. The number of ether oxygens (including phenoxy) is 1. The van der Waals surface area contributed by atoms with Crippen LogP contribution in [-0.2, 0) is 30.4 Å². The fourth-order valence-corrected chi connectivity index (χ4v) is 6.83. The van der Waals surface area contributed by atoms with Crippen LogP contribution in [0.3, 0.4) is 0 Å². The number of carbonyl (C=O) groups is 2. The normalized spacial score (nSPS) is 18.3. The lowest BCUT2D eigenvalue weighted by molar-refractivity contribution is 0.0526. The quantitative estimate of drug-likeness (QED) is 0.641. The fraction of sp³-hybridized carbons (Fsp3) is 0.545. The molecule has 0 radical (unpaired) electrons. The molecule has 4 nitrogen and oxygen atoms in total. The molecule has 0 aliphatic heterocycles. The zero-order chi connectivity index (χ0) is 19.7.